The molecule has 0 spiro atoms. The molecular weight excluding hydrogens is 703 g/mol. The summed E-state index contributed by atoms with van der Waals surface area (Å²) in [5, 5.41) is 11.0. The minimum atomic E-state index is -0.462. The molecule has 158 valence electrons. The van der Waals surface area contributed by atoms with Gasteiger partial charge in [-0.05, 0) is 94.4 Å². The van der Waals surface area contributed by atoms with E-state index in [1.165, 1.54) is 0 Å². The molecule has 0 radical (unpaired) electrons. The molecule has 0 aromatic heterocycles. The number of carbonyl (C=O) groups excluding carboxylic acids is 1. The van der Waals surface area contributed by atoms with E-state index in [2.05, 4.69) is 63.7 Å². The number of esters is 1. The van der Waals surface area contributed by atoms with Crippen molar-refractivity contribution in [1.29, 1.82) is 0 Å². The number of phenols is 1. The predicted octanol–water partition coefficient (Wildman–Crippen LogP) is 4.50. The van der Waals surface area contributed by atoms with Gasteiger partial charge in [0.2, 0.25) is 5.43 Å². The standard InChI is InChI=1S/C22H12Br4O5.K/c1-2-30-22(29)10-6-4-3-5-9(10)15-11-7-13(23)18(27)16(25)20(11)31-21-12(15)8-14(24)19(28)17(21)26;/h3-8,27H,2H2,1H3;/q;+1. The molecule has 2 aromatic carbocycles. The second kappa shape index (κ2) is 10.7. The summed E-state index contributed by atoms with van der Waals surface area (Å²) in [5.74, 6) is -0.219. The predicted molar refractivity (Wildman–Crippen MR) is 133 cm³/mol. The van der Waals surface area contributed by atoms with Crippen LogP contribution in [-0.2, 0) is 4.74 Å². The first-order chi connectivity index (χ1) is 14.8. The summed E-state index contributed by atoms with van der Waals surface area (Å²) in [6.45, 7) is 1.98. The monoisotopic (exact) mass is 711 g/mol. The van der Waals surface area contributed by atoms with Gasteiger partial charge >= 0.3 is 57.4 Å². The molecule has 0 atom stereocenters. The number of ether oxygens (including phenoxy) is 1. The number of aromatic hydroxyl groups is 1. The van der Waals surface area contributed by atoms with Crippen LogP contribution in [-0.4, -0.2) is 17.7 Å². The van der Waals surface area contributed by atoms with Gasteiger partial charge in [-0.1, -0.05) is 18.2 Å². The van der Waals surface area contributed by atoms with Crippen LogP contribution in [0.3, 0.4) is 0 Å². The van der Waals surface area contributed by atoms with Crippen LogP contribution in [0.4, 0.5) is 0 Å². The Bertz CT molecular complexity index is 1400. The van der Waals surface area contributed by atoms with E-state index in [-0.39, 0.29) is 79.4 Å². The zero-order chi connectivity index (χ0) is 22.4. The molecule has 0 unspecified atom stereocenters. The average Bonchev–Trinajstić information content (AvgIpc) is 2.75. The Hall–Kier alpha value is -0.0436. The van der Waals surface area contributed by atoms with Gasteiger partial charge in [0, 0.05) is 16.5 Å². The molecule has 2 aliphatic rings. The number of phenolic OH excluding ortho intramolecular Hbond substituents is 1. The summed E-state index contributed by atoms with van der Waals surface area (Å²) in [6, 6.07) is 10.4. The molecular formula is C22H12Br4KO5+. The van der Waals surface area contributed by atoms with Crippen molar-refractivity contribution in [2.24, 2.45) is 0 Å². The number of rotatable bonds is 3. The number of hydrogen-bond donors (Lipinski definition) is 1. The van der Waals surface area contributed by atoms with Crippen molar-refractivity contribution >= 4 is 80.7 Å². The summed E-state index contributed by atoms with van der Waals surface area (Å²) in [6.07, 6.45) is 0. The third-order valence-corrected chi connectivity index (χ3v) is 7.36. The Balaban J connectivity index is 0.00000289. The normalized spacial score (nSPS) is 10.9. The average molecular weight is 715 g/mol. The minimum absolute atomic E-state index is 0. The van der Waals surface area contributed by atoms with E-state index >= 15 is 0 Å². The fourth-order valence-corrected chi connectivity index (χ4v) is 5.77. The fraction of sp³-hybridized carbons (Fsp3) is 0.0909. The van der Waals surface area contributed by atoms with Crippen LogP contribution in [0.5, 0.6) is 5.75 Å². The quantitative estimate of drug-likeness (QED) is 0.192. The Labute approximate surface area is 259 Å². The van der Waals surface area contributed by atoms with Crippen molar-refractivity contribution < 1.29 is 70.4 Å². The first-order valence-corrected chi connectivity index (χ1v) is 12.1. The minimum Gasteiger partial charge on any atom is -0.505 e. The zero-order valence-electron chi connectivity index (χ0n) is 16.8. The van der Waals surface area contributed by atoms with Gasteiger partial charge in [0.15, 0.2) is 11.3 Å². The van der Waals surface area contributed by atoms with E-state index in [1.54, 1.807) is 31.2 Å². The van der Waals surface area contributed by atoms with Gasteiger partial charge < -0.3 is 14.3 Å². The number of fused-ring (bicyclic) bond motifs is 2. The van der Waals surface area contributed by atoms with Crippen molar-refractivity contribution in [2.75, 3.05) is 6.61 Å². The van der Waals surface area contributed by atoms with Crippen LogP contribution in [0.15, 0.2) is 63.5 Å². The second-order valence-electron chi connectivity index (χ2n) is 6.52. The first-order valence-electron chi connectivity index (χ1n) is 8.98. The maximum Gasteiger partial charge on any atom is 1.00 e. The van der Waals surface area contributed by atoms with E-state index in [0.717, 1.165) is 0 Å². The molecule has 0 fully saturated rings. The Kier molecular flexibility index (Phi) is 8.88. The summed E-state index contributed by atoms with van der Waals surface area (Å²) in [7, 11) is 0. The molecule has 10 heteroatoms. The van der Waals surface area contributed by atoms with E-state index < -0.39 is 5.97 Å². The number of benzene rings is 3. The van der Waals surface area contributed by atoms with E-state index in [0.29, 0.717) is 46.6 Å². The van der Waals surface area contributed by atoms with Crippen molar-refractivity contribution in [3.63, 3.8) is 0 Å². The van der Waals surface area contributed by atoms with Gasteiger partial charge in [0.25, 0.3) is 0 Å². The topological polar surface area (TPSA) is 76.7 Å². The Morgan fingerprint density at radius 3 is 2.41 bits per heavy atom. The van der Waals surface area contributed by atoms with Crippen molar-refractivity contribution in [2.45, 2.75) is 6.92 Å². The van der Waals surface area contributed by atoms with Gasteiger partial charge in [-0.3, -0.25) is 4.79 Å². The van der Waals surface area contributed by atoms with E-state index in [9.17, 15) is 14.7 Å². The molecule has 0 saturated heterocycles. The molecule has 0 bridgehead atoms. The largest absolute Gasteiger partial charge is 1.00 e. The second-order valence-corrected chi connectivity index (χ2v) is 9.81. The third-order valence-electron chi connectivity index (χ3n) is 4.72. The Morgan fingerprint density at radius 1 is 1.03 bits per heavy atom. The van der Waals surface area contributed by atoms with Crippen molar-refractivity contribution in [1.82, 2.24) is 0 Å². The summed E-state index contributed by atoms with van der Waals surface area (Å²) in [5.41, 5.74) is 2.28. The van der Waals surface area contributed by atoms with Crippen LogP contribution < -0.4 is 56.8 Å². The number of hydrogen-bond acceptors (Lipinski definition) is 5. The SMILES string of the molecule is CCOC(=O)c1ccccc1-c1c2cc(Br)c(=O)c(Br)c-2oc2c(Br)c(O)c(Br)cc12.[K+]. The maximum absolute atomic E-state index is 12.7. The van der Waals surface area contributed by atoms with Crippen molar-refractivity contribution in [3.05, 3.63) is 70.1 Å². The molecule has 1 heterocycles. The fourth-order valence-electron chi connectivity index (χ4n) is 3.37. The number of halogens is 4. The molecule has 1 N–H and O–H groups in total. The van der Waals surface area contributed by atoms with Crippen LogP contribution in [0.25, 0.3) is 33.4 Å². The molecule has 32 heavy (non-hydrogen) atoms. The third kappa shape index (κ3) is 4.59. The van der Waals surface area contributed by atoms with Gasteiger partial charge in [0.1, 0.15) is 14.7 Å². The van der Waals surface area contributed by atoms with E-state index in [4.69, 9.17) is 9.15 Å². The molecule has 0 saturated carbocycles. The van der Waals surface area contributed by atoms with Crippen LogP contribution in [0.2, 0.25) is 0 Å². The smallest absolute Gasteiger partial charge is 0.505 e. The molecule has 0 amide bonds. The van der Waals surface area contributed by atoms with Crippen LogP contribution in [0.1, 0.15) is 17.3 Å². The van der Waals surface area contributed by atoms with Crippen LogP contribution >= 0.6 is 63.7 Å². The van der Waals surface area contributed by atoms with Gasteiger partial charge in [-0.15, -0.1) is 0 Å². The molecule has 2 aromatic rings. The summed E-state index contributed by atoms with van der Waals surface area (Å²) < 4.78 is 12.7. The van der Waals surface area contributed by atoms with Gasteiger partial charge in [-0.2, -0.15) is 0 Å². The number of carbonyl (C=O) groups is 1. The summed E-state index contributed by atoms with van der Waals surface area (Å²) >= 11 is 13.4. The maximum atomic E-state index is 12.7. The molecule has 4 rings (SSSR count). The molecule has 5 nitrogen and oxygen atoms in total. The first kappa shape index (κ1) is 26.6. The van der Waals surface area contributed by atoms with Gasteiger partial charge in [-0.25, -0.2) is 4.79 Å². The van der Waals surface area contributed by atoms with Crippen LogP contribution in [0, 0.1) is 0 Å². The van der Waals surface area contributed by atoms with Gasteiger partial charge in [0.05, 0.1) is 21.1 Å². The molecule has 1 aliphatic carbocycles. The van der Waals surface area contributed by atoms with Crippen molar-refractivity contribution in [3.8, 4) is 28.2 Å². The Morgan fingerprint density at radius 2 is 1.72 bits per heavy atom. The summed E-state index contributed by atoms with van der Waals surface area (Å²) in [4.78, 5) is 25.3. The molecule has 1 aliphatic heterocycles. The zero-order valence-corrected chi connectivity index (χ0v) is 26.2. The van der Waals surface area contributed by atoms with E-state index in [1.807, 2.05) is 12.1 Å².